The zero-order valence-corrected chi connectivity index (χ0v) is 14.0. The molecule has 0 aromatic heterocycles. The van der Waals surface area contributed by atoms with Crippen LogP contribution in [0.25, 0.3) is 0 Å². The first-order valence-electron chi connectivity index (χ1n) is 7.64. The van der Waals surface area contributed by atoms with Gasteiger partial charge in [0.05, 0.1) is 7.11 Å². The maximum absolute atomic E-state index is 12.1. The molecular formula is C19H19N3O3. The first-order valence-corrected chi connectivity index (χ1v) is 7.64. The molecule has 0 aliphatic carbocycles. The van der Waals surface area contributed by atoms with Crippen molar-refractivity contribution in [3.63, 3.8) is 0 Å². The second-order valence-corrected chi connectivity index (χ2v) is 5.33. The summed E-state index contributed by atoms with van der Waals surface area (Å²) in [6, 6.07) is 15.3. The summed E-state index contributed by atoms with van der Waals surface area (Å²) in [5.41, 5.74) is 1.44. The maximum Gasteiger partial charge on any atom is 0.267 e. The Morgan fingerprint density at radius 3 is 2.40 bits per heavy atom. The lowest BCUT2D eigenvalue weighted by Gasteiger charge is -2.13. The molecule has 128 valence electrons. The van der Waals surface area contributed by atoms with Gasteiger partial charge in [-0.05, 0) is 48.9 Å². The number of ether oxygens (including phenoxy) is 1. The molecule has 2 rings (SSSR count). The first-order chi connectivity index (χ1) is 12.0. The van der Waals surface area contributed by atoms with Crippen molar-refractivity contribution < 1.29 is 14.6 Å². The average Bonchev–Trinajstić information content (AvgIpc) is 2.64. The Kier molecular flexibility index (Phi) is 6.02. The molecule has 0 bridgehead atoms. The largest absolute Gasteiger partial charge is 0.508 e. The number of nitriles is 1. The van der Waals surface area contributed by atoms with E-state index < -0.39 is 5.91 Å². The van der Waals surface area contributed by atoms with Gasteiger partial charge in [0.1, 0.15) is 23.1 Å². The molecule has 6 heteroatoms. The van der Waals surface area contributed by atoms with E-state index in [-0.39, 0.29) is 17.4 Å². The van der Waals surface area contributed by atoms with E-state index in [9.17, 15) is 15.2 Å². The second kappa shape index (κ2) is 8.41. The molecule has 0 heterocycles. The Morgan fingerprint density at radius 2 is 1.84 bits per heavy atom. The first kappa shape index (κ1) is 17.9. The summed E-state index contributed by atoms with van der Waals surface area (Å²) in [5, 5.41) is 24.1. The Labute approximate surface area is 146 Å². The molecule has 1 unspecified atom stereocenters. The van der Waals surface area contributed by atoms with E-state index in [4.69, 9.17) is 4.74 Å². The van der Waals surface area contributed by atoms with Crippen molar-refractivity contribution >= 4 is 11.6 Å². The minimum atomic E-state index is -0.525. The summed E-state index contributed by atoms with van der Waals surface area (Å²) in [7, 11) is 1.60. The van der Waals surface area contributed by atoms with Crippen LogP contribution in [-0.2, 0) is 4.79 Å². The fraction of sp³-hybridized carbons (Fsp3) is 0.158. The van der Waals surface area contributed by atoms with Gasteiger partial charge in [0.2, 0.25) is 0 Å². The van der Waals surface area contributed by atoms with Gasteiger partial charge in [0.15, 0.2) is 0 Å². The van der Waals surface area contributed by atoms with Gasteiger partial charge in [-0.2, -0.15) is 5.26 Å². The summed E-state index contributed by atoms with van der Waals surface area (Å²) < 4.78 is 5.12. The van der Waals surface area contributed by atoms with Crippen LogP contribution < -0.4 is 15.4 Å². The number of amides is 1. The third-order valence-corrected chi connectivity index (χ3v) is 3.58. The molecule has 1 amide bonds. The Hall–Kier alpha value is -3.46. The molecule has 2 aromatic carbocycles. The molecule has 3 N–H and O–H groups in total. The van der Waals surface area contributed by atoms with Crippen LogP contribution in [0.2, 0.25) is 0 Å². The number of carbonyl (C=O) groups excluding carboxylic acids is 1. The fourth-order valence-electron chi connectivity index (χ4n) is 2.09. The van der Waals surface area contributed by atoms with Crippen molar-refractivity contribution in [1.29, 1.82) is 5.26 Å². The number of carbonyl (C=O) groups is 1. The zero-order chi connectivity index (χ0) is 18.2. The van der Waals surface area contributed by atoms with E-state index in [1.165, 1.54) is 18.3 Å². The summed E-state index contributed by atoms with van der Waals surface area (Å²) in [4.78, 5) is 12.1. The van der Waals surface area contributed by atoms with Gasteiger partial charge in [-0.3, -0.25) is 4.79 Å². The van der Waals surface area contributed by atoms with E-state index in [2.05, 4.69) is 10.6 Å². The van der Waals surface area contributed by atoms with Crippen LogP contribution in [0.1, 0.15) is 18.5 Å². The molecule has 0 fully saturated rings. The molecule has 0 aliphatic rings. The molecule has 0 saturated heterocycles. The molecule has 6 nitrogen and oxygen atoms in total. The van der Waals surface area contributed by atoms with Crippen molar-refractivity contribution in [2.45, 2.75) is 13.0 Å². The van der Waals surface area contributed by atoms with E-state index in [0.29, 0.717) is 5.69 Å². The maximum atomic E-state index is 12.1. The van der Waals surface area contributed by atoms with Gasteiger partial charge < -0.3 is 20.5 Å². The van der Waals surface area contributed by atoms with Gasteiger partial charge in [0.25, 0.3) is 5.91 Å². The predicted molar refractivity (Wildman–Crippen MR) is 95.0 cm³/mol. The van der Waals surface area contributed by atoms with Crippen LogP contribution in [-0.4, -0.2) is 18.1 Å². The van der Waals surface area contributed by atoms with Gasteiger partial charge in [-0.25, -0.2) is 0 Å². The van der Waals surface area contributed by atoms with Crippen molar-refractivity contribution in [2.75, 3.05) is 12.4 Å². The number of anilines is 1. The number of nitrogens with zero attached hydrogens (tertiary/aromatic N) is 1. The molecular weight excluding hydrogens is 318 g/mol. The normalized spacial score (nSPS) is 12.0. The summed E-state index contributed by atoms with van der Waals surface area (Å²) >= 11 is 0. The van der Waals surface area contributed by atoms with Gasteiger partial charge in [-0.15, -0.1) is 0 Å². The molecule has 0 radical (unpaired) electrons. The number of rotatable bonds is 6. The van der Waals surface area contributed by atoms with E-state index in [0.717, 1.165) is 11.3 Å². The van der Waals surface area contributed by atoms with Crippen molar-refractivity contribution in [1.82, 2.24) is 5.32 Å². The number of aromatic hydroxyl groups is 1. The third kappa shape index (κ3) is 5.01. The predicted octanol–water partition coefficient (Wildman–Crippen LogP) is 3.10. The highest BCUT2D eigenvalue weighted by Gasteiger charge is 2.11. The lowest BCUT2D eigenvalue weighted by Crippen LogP contribution is -2.18. The van der Waals surface area contributed by atoms with E-state index in [1.807, 2.05) is 37.3 Å². The second-order valence-electron chi connectivity index (χ2n) is 5.33. The highest BCUT2D eigenvalue weighted by molar-refractivity contribution is 6.06. The number of nitrogens with one attached hydrogen (secondary N) is 2. The summed E-state index contributed by atoms with van der Waals surface area (Å²) in [6.45, 7) is 1.92. The number of phenolic OH excluding ortho intramolecular Hbond substituents is 1. The van der Waals surface area contributed by atoms with Gasteiger partial charge in [0, 0.05) is 17.9 Å². The van der Waals surface area contributed by atoms with Crippen molar-refractivity contribution in [3.05, 3.63) is 65.9 Å². The lowest BCUT2D eigenvalue weighted by atomic mass is 10.1. The highest BCUT2D eigenvalue weighted by Crippen LogP contribution is 2.18. The van der Waals surface area contributed by atoms with Gasteiger partial charge in [-0.1, -0.05) is 12.1 Å². The Balaban J connectivity index is 2.01. The standard InChI is InChI=1S/C19H19N3O3/c1-13(14-3-9-18(25-2)10-4-14)21-12-15(11-20)19(24)22-16-5-7-17(23)8-6-16/h3-10,12-13,21,23H,1-2H3,(H,22,24)/b15-12-. The van der Waals surface area contributed by atoms with E-state index in [1.54, 1.807) is 19.2 Å². The monoisotopic (exact) mass is 337 g/mol. The molecule has 0 aliphatic heterocycles. The van der Waals surface area contributed by atoms with Crippen molar-refractivity contribution in [3.8, 4) is 17.6 Å². The van der Waals surface area contributed by atoms with Crippen LogP contribution in [0, 0.1) is 11.3 Å². The average molecular weight is 337 g/mol. The molecule has 1 atom stereocenters. The highest BCUT2D eigenvalue weighted by atomic mass is 16.5. The quantitative estimate of drug-likeness (QED) is 0.428. The minimum Gasteiger partial charge on any atom is -0.508 e. The van der Waals surface area contributed by atoms with Crippen LogP contribution in [0.5, 0.6) is 11.5 Å². The number of phenols is 1. The Morgan fingerprint density at radius 1 is 1.20 bits per heavy atom. The fourth-order valence-corrected chi connectivity index (χ4v) is 2.09. The smallest absolute Gasteiger partial charge is 0.267 e. The molecule has 2 aromatic rings. The van der Waals surface area contributed by atoms with Crippen LogP contribution >= 0.6 is 0 Å². The number of methoxy groups -OCH3 is 1. The molecule has 25 heavy (non-hydrogen) atoms. The van der Waals surface area contributed by atoms with E-state index >= 15 is 0 Å². The zero-order valence-electron chi connectivity index (χ0n) is 14.0. The number of hydrogen-bond acceptors (Lipinski definition) is 5. The summed E-state index contributed by atoms with van der Waals surface area (Å²) in [6.07, 6.45) is 1.39. The van der Waals surface area contributed by atoms with Crippen LogP contribution in [0.4, 0.5) is 5.69 Å². The SMILES string of the molecule is COc1ccc(C(C)N/C=C(/C#N)C(=O)Nc2ccc(O)cc2)cc1. The summed E-state index contributed by atoms with van der Waals surface area (Å²) in [5.74, 6) is 0.337. The van der Waals surface area contributed by atoms with Crippen LogP contribution in [0.3, 0.4) is 0 Å². The lowest BCUT2D eigenvalue weighted by molar-refractivity contribution is -0.112. The molecule has 0 spiro atoms. The number of benzene rings is 2. The van der Waals surface area contributed by atoms with Crippen LogP contribution in [0.15, 0.2) is 60.3 Å². The van der Waals surface area contributed by atoms with Crippen molar-refractivity contribution in [2.24, 2.45) is 0 Å². The topological polar surface area (TPSA) is 94.4 Å². The third-order valence-electron chi connectivity index (χ3n) is 3.58. The Bertz CT molecular complexity index is 790. The minimum absolute atomic E-state index is 0.0477. The number of hydrogen-bond donors (Lipinski definition) is 3. The molecule has 0 saturated carbocycles. The van der Waals surface area contributed by atoms with Gasteiger partial charge >= 0.3 is 0 Å².